The standard InChI is InChI=1S/C18H18FN3O4S/c1-11-7-8-13(9-15(11)19)17-21-18(26-22-17)12(2)27(23,24)10-14-5-4-6-16(20-14)25-3/h4-9,12H,10H2,1-3H3. The first kappa shape index (κ1) is 19.0. The number of methoxy groups -OCH3 is 1. The third kappa shape index (κ3) is 4.13. The summed E-state index contributed by atoms with van der Waals surface area (Å²) in [7, 11) is -2.21. The van der Waals surface area contributed by atoms with Gasteiger partial charge in [-0.15, -0.1) is 0 Å². The van der Waals surface area contributed by atoms with Crippen LogP contribution in [-0.4, -0.2) is 30.7 Å². The summed E-state index contributed by atoms with van der Waals surface area (Å²) in [6, 6.07) is 9.41. The van der Waals surface area contributed by atoms with E-state index in [1.807, 2.05) is 0 Å². The van der Waals surface area contributed by atoms with Crippen LogP contribution in [0.25, 0.3) is 11.4 Å². The number of pyridine rings is 1. The van der Waals surface area contributed by atoms with Gasteiger partial charge in [-0.25, -0.2) is 17.8 Å². The molecular formula is C18H18FN3O4S. The second-order valence-corrected chi connectivity index (χ2v) is 8.36. The molecule has 0 bridgehead atoms. The molecule has 2 aromatic heterocycles. The molecule has 0 amide bonds. The maximum Gasteiger partial charge on any atom is 0.245 e. The summed E-state index contributed by atoms with van der Waals surface area (Å²) in [5, 5.41) is 2.73. The molecule has 1 atom stereocenters. The minimum absolute atomic E-state index is 0.0612. The summed E-state index contributed by atoms with van der Waals surface area (Å²) in [5.74, 6) is -0.304. The summed E-state index contributed by atoms with van der Waals surface area (Å²) in [5.41, 5.74) is 1.25. The Hall–Kier alpha value is -2.81. The van der Waals surface area contributed by atoms with Gasteiger partial charge in [0.2, 0.25) is 17.6 Å². The summed E-state index contributed by atoms with van der Waals surface area (Å²) < 4.78 is 49.2. The van der Waals surface area contributed by atoms with Crippen molar-refractivity contribution in [3.05, 3.63) is 59.4 Å². The van der Waals surface area contributed by atoms with E-state index in [0.717, 1.165) is 0 Å². The van der Waals surface area contributed by atoms with Crippen molar-refractivity contribution in [3.63, 3.8) is 0 Å². The molecule has 2 heterocycles. The van der Waals surface area contributed by atoms with E-state index in [-0.39, 0.29) is 17.5 Å². The molecule has 9 heteroatoms. The van der Waals surface area contributed by atoms with E-state index in [1.165, 1.54) is 20.1 Å². The zero-order valence-corrected chi connectivity index (χ0v) is 15.8. The first-order valence-electron chi connectivity index (χ1n) is 8.12. The Labute approximate surface area is 156 Å². The molecule has 1 aromatic carbocycles. The second-order valence-electron chi connectivity index (χ2n) is 6.04. The average molecular weight is 391 g/mol. The Balaban J connectivity index is 1.83. The van der Waals surface area contributed by atoms with Crippen LogP contribution in [0.4, 0.5) is 4.39 Å². The molecule has 0 aliphatic heterocycles. The van der Waals surface area contributed by atoms with E-state index < -0.39 is 20.9 Å². The third-order valence-corrected chi connectivity index (χ3v) is 6.07. The monoisotopic (exact) mass is 391 g/mol. The van der Waals surface area contributed by atoms with Crippen LogP contribution in [0, 0.1) is 12.7 Å². The van der Waals surface area contributed by atoms with Crippen LogP contribution in [0.2, 0.25) is 0 Å². The van der Waals surface area contributed by atoms with E-state index in [1.54, 1.807) is 37.3 Å². The minimum Gasteiger partial charge on any atom is -0.481 e. The van der Waals surface area contributed by atoms with E-state index in [4.69, 9.17) is 9.26 Å². The van der Waals surface area contributed by atoms with Gasteiger partial charge in [-0.1, -0.05) is 23.4 Å². The van der Waals surface area contributed by atoms with Gasteiger partial charge in [0.05, 0.1) is 18.6 Å². The van der Waals surface area contributed by atoms with Gasteiger partial charge in [-0.2, -0.15) is 4.98 Å². The van der Waals surface area contributed by atoms with Gasteiger partial charge in [-0.05, 0) is 31.5 Å². The molecule has 142 valence electrons. The fourth-order valence-electron chi connectivity index (χ4n) is 2.39. The maximum absolute atomic E-state index is 13.7. The van der Waals surface area contributed by atoms with Crippen molar-refractivity contribution in [1.82, 2.24) is 15.1 Å². The highest BCUT2D eigenvalue weighted by Gasteiger charge is 2.29. The number of hydrogen-bond donors (Lipinski definition) is 0. The number of aromatic nitrogens is 3. The van der Waals surface area contributed by atoms with E-state index in [0.29, 0.717) is 22.7 Å². The fourth-order valence-corrected chi connectivity index (χ4v) is 3.61. The molecule has 0 aliphatic carbocycles. The number of nitrogens with zero attached hydrogens (tertiary/aromatic N) is 3. The molecule has 27 heavy (non-hydrogen) atoms. The Bertz CT molecular complexity index is 1070. The van der Waals surface area contributed by atoms with Gasteiger partial charge in [-0.3, -0.25) is 0 Å². The van der Waals surface area contributed by atoms with Crippen LogP contribution in [-0.2, 0) is 15.6 Å². The molecular weight excluding hydrogens is 373 g/mol. The van der Waals surface area contributed by atoms with Gasteiger partial charge in [0.25, 0.3) is 0 Å². The summed E-state index contributed by atoms with van der Waals surface area (Å²) in [6.07, 6.45) is 0. The SMILES string of the molecule is COc1cccc(CS(=O)(=O)C(C)c2nc(-c3ccc(C)c(F)c3)no2)n1. The van der Waals surface area contributed by atoms with Gasteiger partial charge in [0.15, 0.2) is 9.84 Å². The highest BCUT2D eigenvalue weighted by atomic mass is 32.2. The first-order chi connectivity index (χ1) is 12.8. The number of aryl methyl sites for hydroxylation is 1. The summed E-state index contributed by atoms with van der Waals surface area (Å²) in [6.45, 7) is 3.10. The predicted molar refractivity (Wildman–Crippen MR) is 96.3 cm³/mol. The lowest BCUT2D eigenvalue weighted by Crippen LogP contribution is -2.14. The first-order valence-corrected chi connectivity index (χ1v) is 9.83. The van der Waals surface area contributed by atoms with Crippen LogP contribution < -0.4 is 4.74 Å². The van der Waals surface area contributed by atoms with Crippen LogP contribution in [0.1, 0.15) is 29.3 Å². The van der Waals surface area contributed by atoms with Gasteiger partial charge in [0.1, 0.15) is 11.1 Å². The van der Waals surface area contributed by atoms with Crippen molar-refractivity contribution in [1.29, 1.82) is 0 Å². The molecule has 0 radical (unpaired) electrons. The predicted octanol–water partition coefficient (Wildman–Crippen LogP) is 3.26. The molecule has 0 spiro atoms. The molecule has 7 nitrogen and oxygen atoms in total. The van der Waals surface area contributed by atoms with E-state index in [2.05, 4.69) is 15.1 Å². The molecule has 0 saturated carbocycles. The van der Waals surface area contributed by atoms with Crippen molar-refractivity contribution < 1.29 is 22.1 Å². The number of hydrogen-bond acceptors (Lipinski definition) is 7. The lowest BCUT2D eigenvalue weighted by atomic mass is 10.1. The Morgan fingerprint density at radius 2 is 2.00 bits per heavy atom. The molecule has 0 fully saturated rings. The Morgan fingerprint density at radius 1 is 1.22 bits per heavy atom. The normalized spacial score (nSPS) is 12.7. The molecule has 3 aromatic rings. The van der Waals surface area contributed by atoms with E-state index >= 15 is 0 Å². The van der Waals surface area contributed by atoms with Crippen molar-refractivity contribution in [2.24, 2.45) is 0 Å². The molecule has 0 N–H and O–H groups in total. The van der Waals surface area contributed by atoms with Crippen molar-refractivity contribution in [2.45, 2.75) is 24.9 Å². The number of halogens is 1. The van der Waals surface area contributed by atoms with Crippen LogP contribution >= 0.6 is 0 Å². The maximum atomic E-state index is 13.7. The molecule has 0 aliphatic rings. The number of benzene rings is 1. The molecule has 0 saturated heterocycles. The topological polar surface area (TPSA) is 95.2 Å². The van der Waals surface area contributed by atoms with Gasteiger partial charge in [0, 0.05) is 11.6 Å². The minimum atomic E-state index is -3.66. The lowest BCUT2D eigenvalue weighted by Gasteiger charge is -2.09. The number of ether oxygens (including phenoxy) is 1. The van der Waals surface area contributed by atoms with Crippen LogP contribution in [0.5, 0.6) is 5.88 Å². The Morgan fingerprint density at radius 3 is 2.70 bits per heavy atom. The zero-order chi connectivity index (χ0) is 19.6. The van der Waals surface area contributed by atoms with Crippen molar-refractivity contribution in [3.8, 4) is 17.3 Å². The van der Waals surface area contributed by atoms with Crippen LogP contribution in [0.3, 0.4) is 0 Å². The quantitative estimate of drug-likeness (QED) is 0.636. The average Bonchev–Trinajstić information content (AvgIpc) is 3.13. The fraction of sp³-hybridized carbons (Fsp3) is 0.278. The van der Waals surface area contributed by atoms with Gasteiger partial charge >= 0.3 is 0 Å². The lowest BCUT2D eigenvalue weighted by molar-refractivity contribution is 0.376. The zero-order valence-electron chi connectivity index (χ0n) is 15.0. The largest absolute Gasteiger partial charge is 0.481 e. The summed E-state index contributed by atoms with van der Waals surface area (Å²) >= 11 is 0. The van der Waals surface area contributed by atoms with Crippen LogP contribution in [0.15, 0.2) is 40.9 Å². The smallest absolute Gasteiger partial charge is 0.245 e. The Kier molecular flexibility index (Phi) is 5.22. The third-order valence-electron chi connectivity index (χ3n) is 4.10. The van der Waals surface area contributed by atoms with E-state index in [9.17, 15) is 12.8 Å². The number of sulfone groups is 1. The summed E-state index contributed by atoms with van der Waals surface area (Å²) in [4.78, 5) is 8.24. The molecule has 3 rings (SSSR count). The van der Waals surface area contributed by atoms with Crippen molar-refractivity contribution in [2.75, 3.05) is 7.11 Å². The highest BCUT2D eigenvalue weighted by Crippen LogP contribution is 2.27. The van der Waals surface area contributed by atoms with Gasteiger partial charge < -0.3 is 9.26 Å². The number of rotatable bonds is 6. The van der Waals surface area contributed by atoms with Crippen molar-refractivity contribution >= 4 is 9.84 Å². The second kappa shape index (κ2) is 7.43. The molecule has 1 unspecified atom stereocenters. The highest BCUT2D eigenvalue weighted by molar-refractivity contribution is 7.90.